The number of ether oxygens (including phenoxy) is 1. The summed E-state index contributed by atoms with van der Waals surface area (Å²) in [6.45, 7) is 8.35. The van der Waals surface area contributed by atoms with Crippen molar-refractivity contribution in [2.75, 3.05) is 13.2 Å². The van der Waals surface area contributed by atoms with Gasteiger partial charge >= 0.3 is 0 Å². The summed E-state index contributed by atoms with van der Waals surface area (Å²) in [5, 5.41) is 4.38. The lowest BCUT2D eigenvalue weighted by atomic mass is 9.88. The van der Waals surface area contributed by atoms with Crippen LogP contribution in [0.3, 0.4) is 0 Å². The van der Waals surface area contributed by atoms with Gasteiger partial charge in [-0.25, -0.2) is 0 Å². The molecule has 0 aromatic heterocycles. The Kier molecular flexibility index (Phi) is 5.52. The molecule has 1 aromatic rings. The zero-order valence-electron chi connectivity index (χ0n) is 12.4. The molecule has 0 radical (unpaired) electrons. The van der Waals surface area contributed by atoms with Crippen LogP contribution in [0.2, 0.25) is 5.02 Å². The van der Waals surface area contributed by atoms with E-state index in [0.717, 1.165) is 34.6 Å². The van der Waals surface area contributed by atoms with Gasteiger partial charge in [-0.1, -0.05) is 27.5 Å². The van der Waals surface area contributed by atoms with Crippen LogP contribution in [0.1, 0.15) is 45.3 Å². The van der Waals surface area contributed by atoms with Crippen LogP contribution in [0.25, 0.3) is 0 Å². The number of nitrogens with one attached hydrogen (secondary N) is 1. The fourth-order valence-electron chi connectivity index (χ4n) is 2.57. The number of benzene rings is 1. The zero-order chi connectivity index (χ0) is 14.8. The summed E-state index contributed by atoms with van der Waals surface area (Å²) in [6.07, 6.45) is 2.39. The molecule has 1 aliphatic heterocycles. The minimum atomic E-state index is 0.0867. The van der Waals surface area contributed by atoms with Gasteiger partial charge in [0.15, 0.2) is 0 Å². The minimum Gasteiger partial charge on any atom is -0.373 e. The van der Waals surface area contributed by atoms with Crippen molar-refractivity contribution in [1.82, 2.24) is 5.32 Å². The van der Waals surface area contributed by atoms with Crippen LogP contribution in [-0.2, 0) is 4.74 Å². The Hall–Kier alpha value is -0.0900. The van der Waals surface area contributed by atoms with Gasteiger partial charge in [-0.05, 0) is 51.8 Å². The molecule has 1 N–H and O–H groups in total. The molecule has 2 unspecified atom stereocenters. The molecule has 0 saturated carbocycles. The van der Waals surface area contributed by atoms with Crippen molar-refractivity contribution >= 4 is 27.5 Å². The molecule has 1 aliphatic rings. The van der Waals surface area contributed by atoms with Gasteiger partial charge in [0, 0.05) is 39.7 Å². The highest BCUT2D eigenvalue weighted by atomic mass is 79.9. The van der Waals surface area contributed by atoms with Crippen molar-refractivity contribution in [3.63, 3.8) is 0 Å². The summed E-state index contributed by atoms with van der Waals surface area (Å²) >= 11 is 9.89. The fourth-order valence-corrected chi connectivity index (χ4v) is 3.17. The molecule has 0 aliphatic carbocycles. The smallest absolute Gasteiger partial charge is 0.0879 e. The van der Waals surface area contributed by atoms with Gasteiger partial charge in [-0.15, -0.1) is 0 Å². The fraction of sp³-hybridized carbons (Fsp3) is 0.625. The zero-order valence-corrected chi connectivity index (χ0v) is 14.7. The highest BCUT2D eigenvalue weighted by Crippen LogP contribution is 2.38. The van der Waals surface area contributed by atoms with Crippen molar-refractivity contribution in [2.24, 2.45) is 5.92 Å². The van der Waals surface area contributed by atoms with Crippen molar-refractivity contribution < 1.29 is 4.74 Å². The van der Waals surface area contributed by atoms with Gasteiger partial charge in [0.25, 0.3) is 0 Å². The second-order valence-electron chi connectivity index (χ2n) is 6.49. The molecule has 20 heavy (non-hydrogen) atoms. The van der Waals surface area contributed by atoms with Gasteiger partial charge in [-0.3, -0.25) is 0 Å². The highest BCUT2D eigenvalue weighted by molar-refractivity contribution is 9.10. The van der Waals surface area contributed by atoms with Crippen LogP contribution in [0.5, 0.6) is 0 Å². The maximum Gasteiger partial charge on any atom is 0.0879 e. The SMILES string of the molecule is CC(C)(C)NCC1CCCOC1c1cc(Br)ccc1Cl. The lowest BCUT2D eigenvalue weighted by Crippen LogP contribution is -2.41. The Bertz CT molecular complexity index is 458. The summed E-state index contributed by atoms with van der Waals surface area (Å²) in [7, 11) is 0. The molecule has 1 heterocycles. The lowest BCUT2D eigenvalue weighted by Gasteiger charge is -2.35. The van der Waals surface area contributed by atoms with E-state index in [9.17, 15) is 0 Å². The Morgan fingerprint density at radius 2 is 2.15 bits per heavy atom. The van der Waals surface area contributed by atoms with Crippen LogP contribution in [0.4, 0.5) is 0 Å². The summed E-state index contributed by atoms with van der Waals surface area (Å²) in [5.74, 6) is 0.467. The van der Waals surface area contributed by atoms with E-state index in [2.05, 4.69) is 48.1 Å². The van der Waals surface area contributed by atoms with Crippen LogP contribution in [0, 0.1) is 5.92 Å². The van der Waals surface area contributed by atoms with Crippen LogP contribution < -0.4 is 5.32 Å². The van der Waals surface area contributed by atoms with Gasteiger partial charge in [0.1, 0.15) is 0 Å². The van der Waals surface area contributed by atoms with Crippen molar-refractivity contribution in [2.45, 2.75) is 45.3 Å². The van der Waals surface area contributed by atoms with Crippen LogP contribution in [-0.4, -0.2) is 18.7 Å². The number of hydrogen-bond donors (Lipinski definition) is 1. The quantitative estimate of drug-likeness (QED) is 0.822. The largest absolute Gasteiger partial charge is 0.373 e. The molecular weight excluding hydrogens is 338 g/mol. The van der Waals surface area contributed by atoms with Gasteiger partial charge in [0.05, 0.1) is 6.10 Å². The van der Waals surface area contributed by atoms with Gasteiger partial charge in [-0.2, -0.15) is 0 Å². The third-order valence-electron chi connectivity index (χ3n) is 3.60. The van der Waals surface area contributed by atoms with E-state index >= 15 is 0 Å². The molecule has 112 valence electrons. The number of hydrogen-bond acceptors (Lipinski definition) is 2. The Morgan fingerprint density at radius 1 is 1.40 bits per heavy atom. The Balaban J connectivity index is 2.16. The summed E-state index contributed by atoms with van der Waals surface area (Å²) in [5.41, 5.74) is 1.23. The first-order chi connectivity index (χ1) is 9.37. The summed E-state index contributed by atoms with van der Waals surface area (Å²) < 4.78 is 7.08. The second kappa shape index (κ2) is 6.78. The molecule has 2 rings (SSSR count). The summed E-state index contributed by atoms with van der Waals surface area (Å²) in [6, 6.07) is 5.99. The van der Waals surface area contributed by atoms with E-state index in [4.69, 9.17) is 16.3 Å². The van der Waals surface area contributed by atoms with Crippen LogP contribution in [0.15, 0.2) is 22.7 Å². The highest BCUT2D eigenvalue weighted by Gasteiger charge is 2.29. The maximum absolute atomic E-state index is 6.36. The first-order valence-corrected chi connectivity index (χ1v) is 8.35. The maximum atomic E-state index is 6.36. The third kappa shape index (κ3) is 4.45. The first kappa shape index (κ1) is 16.3. The predicted octanol–water partition coefficient (Wildman–Crippen LogP) is 4.96. The van der Waals surface area contributed by atoms with E-state index in [1.54, 1.807) is 0 Å². The molecule has 4 heteroatoms. The van der Waals surface area contributed by atoms with E-state index in [0.29, 0.717) is 5.92 Å². The van der Waals surface area contributed by atoms with Crippen molar-refractivity contribution in [3.05, 3.63) is 33.3 Å². The van der Waals surface area contributed by atoms with Gasteiger partial charge < -0.3 is 10.1 Å². The van der Waals surface area contributed by atoms with E-state index < -0.39 is 0 Å². The predicted molar refractivity (Wildman–Crippen MR) is 88.3 cm³/mol. The van der Waals surface area contributed by atoms with Crippen molar-refractivity contribution in [1.29, 1.82) is 0 Å². The molecule has 2 nitrogen and oxygen atoms in total. The third-order valence-corrected chi connectivity index (χ3v) is 4.44. The molecule has 1 saturated heterocycles. The second-order valence-corrected chi connectivity index (χ2v) is 7.81. The number of halogens is 2. The molecule has 2 atom stereocenters. The first-order valence-electron chi connectivity index (χ1n) is 7.18. The molecule has 0 spiro atoms. The topological polar surface area (TPSA) is 21.3 Å². The standard InChI is InChI=1S/C16H23BrClNO/c1-16(2,3)19-10-11-5-4-8-20-15(11)13-9-12(17)6-7-14(13)18/h6-7,9,11,15,19H,4-5,8,10H2,1-3H3. The molecule has 0 amide bonds. The van der Waals surface area contributed by atoms with E-state index in [1.807, 2.05) is 12.1 Å². The molecule has 1 aromatic carbocycles. The normalized spacial score (nSPS) is 23.9. The molecular formula is C16H23BrClNO. The monoisotopic (exact) mass is 359 g/mol. The van der Waals surface area contributed by atoms with Gasteiger partial charge in [0.2, 0.25) is 0 Å². The Morgan fingerprint density at radius 3 is 2.85 bits per heavy atom. The van der Waals surface area contributed by atoms with E-state index in [1.165, 1.54) is 6.42 Å². The van der Waals surface area contributed by atoms with Crippen LogP contribution >= 0.6 is 27.5 Å². The van der Waals surface area contributed by atoms with E-state index in [-0.39, 0.29) is 11.6 Å². The molecule has 1 fully saturated rings. The average molecular weight is 361 g/mol. The molecule has 0 bridgehead atoms. The van der Waals surface area contributed by atoms with Crippen molar-refractivity contribution in [3.8, 4) is 0 Å². The minimum absolute atomic E-state index is 0.0867. The summed E-state index contributed by atoms with van der Waals surface area (Å²) in [4.78, 5) is 0. The number of rotatable bonds is 3. The Labute approximate surface area is 135 Å². The average Bonchev–Trinajstić information content (AvgIpc) is 2.39. The lowest BCUT2D eigenvalue weighted by molar-refractivity contribution is -0.0292.